The lowest BCUT2D eigenvalue weighted by Gasteiger charge is -2.24. The number of benzene rings is 1. The van der Waals surface area contributed by atoms with Crippen molar-refractivity contribution in [3.63, 3.8) is 0 Å². The van der Waals surface area contributed by atoms with Crippen LogP contribution in [0.5, 0.6) is 0 Å². The fourth-order valence-corrected chi connectivity index (χ4v) is 5.19. The molecule has 2 aliphatic carbocycles. The lowest BCUT2D eigenvalue weighted by molar-refractivity contribution is -0.124. The Morgan fingerprint density at radius 1 is 1.15 bits per heavy atom. The molecule has 4 rings (SSSR count). The highest BCUT2D eigenvalue weighted by molar-refractivity contribution is 5.85. The average molecular weight is 354 g/mol. The highest BCUT2D eigenvalue weighted by Gasteiger charge is 2.42. The van der Waals surface area contributed by atoms with Crippen LogP contribution >= 0.6 is 0 Å². The van der Waals surface area contributed by atoms with E-state index in [1.165, 1.54) is 55.9 Å². The smallest absolute Gasteiger partial charge is 0.237 e. The second kappa shape index (κ2) is 7.91. The second-order valence-corrected chi connectivity index (χ2v) is 8.48. The molecular weight excluding hydrogens is 322 g/mol. The van der Waals surface area contributed by atoms with Crippen molar-refractivity contribution < 1.29 is 4.79 Å². The SMILES string of the molecule is N=CC(Cc1ccc(C2CCCCC2)cc1)NC(=O)C1NC2CCC1C2. The predicted molar refractivity (Wildman–Crippen MR) is 105 cm³/mol. The van der Waals surface area contributed by atoms with Gasteiger partial charge in [-0.1, -0.05) is 43.5 Å². The Morgan fingerprint density at radius 3 is 2.54 bits per heavy atom. The summed E-state index contributed by atoms with van der Waals surface area (Å²) < 4.78 is 0. The molecule has 3 aliphatic rings. The van der Waals surface area contributed by atoms with Crippen LogP contribution in [0.15, 0.2) is 24.3 Å². The van der Waals surface area contributed by atoms with Gasteiger partial charge in [0.25, 0.3) is 0 Å². The van der Waals surface area contributed by atoms with E-state index in [2.05, 4.69) is 34.9 Å². The number of amides is 1. The highest BCUT2D eigenvalue weighted by Crippen LogP contribution is 2.35. The molecule has 1 aliphatic heterocycles. The zero-order valence-electron chi connectivity index (χ0n) is 15.5. The Kier molecular flexibility index (Phi) is 5.39. The maximum absolute atomic E-state index is 12.6. The van der Waals surface area contributed by atoms with E-state index >= 15 is 0 Å². The van der Waals surface area contributed by atoms with E-state index in [0.29, 0.717) is 18.4 Å². The van der Waals surface area contributed by atoms with Crippen molar-refractivity contribution in [2.24, 2.45) is 5.92 Å². The van der Waals surface area contributed by atoms with Gasteiger partial charge in [0.15, 0.2) is 0 Å². The summed E-state index contributed by atoms with van der Waals surface area (Å²) in [4.78, 5) is 12.6. The van der Waals surface area contributed by atoms with Crippen LogP contribution in [0.1, 0.15) is 68.4 Å². The van der Waals surface area contributed by atoms with Gasteiger partial charge in [-0.05, 0) is 61.5 Å². The molecule has 1 aromatic rings. The normalized spacial score (nSPS) is 29.5. The standard InChI is InChI=1S/C22H31N3O/c23-14-20(25-22(26)21-18-10-11-19(13-18)24-21)12-15-6-8-17(9-7-15)16-4-2-1-3-5-16/h6-9,14,16,18-21,23-24H,1-5,10-13H2,(H,25,26). The van der Waals surface area contributed by atoms with Crippen molar-refractivity contribution in [1.29, 1.82) is 5.41 Å². The Hall–Kier alpha value is -1.68. The fraction of sp³-hybridized carbons (Fsp3) is 0.636. The van der Waals surface area contributed by atoms with Gasteiger partial charge in [-0.2, -0.15) is 0 Å². The van der Waals surface area contributed by atoms with Gasteiger partial charge in [0.05, 0.1) is 12.1 Å². The molecule has 4 atom stereocenters. The molecule has 1 saturated heterocycles. The van der Waals surface area contributed by atoms with Crippen molar-refractivity contribution in [1.82, 2.24) is 10.6 Å². The van der Waals surface area contributed by atoms with Gasteiger partial charge in [0.1, 0.15) is 0 Å². The molecule has 0 spiro atoms. The van der Waals surface area contributed by atoms with Crippen LogP contribution in [0, 0.1) is 11.3 Å². The van der Waals surface area contributed by atoms with Gasteiger partial charge in [-0.25, -0.2) is 0 Å². The van der Waals surface area contributed by atoms with Crippen molar-refractivity contribution in [2.45, 2.75) is 81.8 Å². The number of hydrogen-bond donors (Lipinski definition) is 3. The van der Waals surface area contributed by atoms with Crippen molar-refractivity contribution in [3.8, 4) is 0 Å². The summed E-state index contributed by atoms with van der Waals surface area (Å²) >= 11 is 0. The largest absolute Gasteiger partial charge is 0.347 e. The molecule has 0 radical (unpaired) electrons. The molecule has 2 saturated carbocycles. The van der Waals surface area contributed by atoms with Gasteiger partial charge < -0.3 is 16.0 Å². The predicted octanol–water partition coefficient (Wildman–Crippen LogP) is 3.55. The van der Waals surface area contributed by atoms with Crippen molar-refractivity contribution in [3.05, 3.63) is 35.4 Å². The number of carbonyl (C=O) groups excluding carboxylic acids is 1. The van der Waals surface area contributed by atoms with Crippen LogP contribution in [-0.2, 0) is 11.2 Å². The lowest BCUT2D eigenvalue weighted by Crippen LogP contribution is -2.51. The molecule has 1 aromatic carbocycles. The Bertz CT molecular complexity index is 635. The summed E-state index contributed by atoms with van der Waals surface area (Å²) in [6.07, 6.45) is 12.3. The van der Waals surface area contributed by atoms with Gasteiger partial charge in [-0.15, -0.1) is 0 Å². The monoisotopic (exact) mass is 353 g/mol. The van der Waals surface area contributed by atoms with Crippen molar-refractivity contribution >= 4 is 12.1 Å². The summed E-state index contributed by atoms with van der Waals surface area (Å²) in [7, 11) is 0. The molecule has 4 unspecified atom stereocenters. The molecule has 4 heteroatoms. The zero-order chi connectivity index (χ0) is 17.9. The zero-order valence-corrected chi connectivity index (χ0v) is 15.5. The number of hydrogen-bond acceptors (Lipinski definition) is 3. The molecule has 3 fully saturated rings. The maximum atomic E-state index is 12.6. The molecule has 1 heterocycles. The van der Waals surface area contributed by atoms with Gasteiger partial charge in [0, 0.05) is 12.3 Å². The van der Waals surface area contributed by atoms with Gasteiger partial charge >= 0.3 is 0 Å². The topological polar surface area (TPSA) is 65.0 Å². The average Bonchev–Trinajstić information content (AvgIpc) is 3.32. The van der Waals surface area contributed by atoms with E-state index in [9.17, 15) is 4.79 Å². The minimum absolute atomic E-state index is 0.0510. The fourth-order valence-electron chi connectivity index (χ4n) is 5.19. The van der Waals surface area contributed by atoms with Crippen LogP contribution < -0.4 is 10.6 Å². The van der Waals surface area contributed by atoms with E-state index in [1.807, 2.05) is 0 Å². The first-order valence-electron chi connectivity index (χ1n) is 10.4. The van der Waals surface area contributed by atoms with Crippen LogP contribution in [0.4, 0.5) is 0 Å². The minimum atomic E-state index is -0.219. The van der Waals surface area contributed by atoms with E-state index in [4.69, 9.17) is 5.41 Å². The maximum Gasteiger partial charge on any atom is 0.237 e. The quantitative estimate of drug-likeness (QED) is 0.685. The lowest BCUT2D eigenvalue weighted by atomic mass is 9.84. The Labute approximate surface area is 156 Å². The summed E-state index contributed by atoms with van der Waals surface area (Å²) in [6.45, 7) is 0. The first kappa shape index (κ1) is 17.7. The molecule has 0 aromatic heterocycles. The van der Waals surface area contributed by atoms with Crippen LogP contribution in [0.3, 0.4) is 0 Å². The van der Waals surface area contributed by atoms with E-state index in [-0.39, 0.29) is 18.0 Å². The van der Waals surface area contributed by atoms with E-state index in [1.54, 1.807) is 0 Å². The minimum Gasteiger partial charge on any atom is -0.347 e. The van der Waals surface area contributed by atoms with Gasteiger partial charge in [0.2, 0.25) is 5.91 Å². The first-order chi connectivity index (χ1) is 12.7. The third-order valence-electron chi connectivity index (χ3n) is 6.68. The third-order valence-corrected chi connectivity index (χ3v) is 6.68. The number of carbonyl (C=O) groups is 1. The van der Waals surface area contributed by atoms with Crippen LogP contribution in [-0.4, -0.2) is 30.2 Å². The molecule has 4 nitrogen and oxygen atoms in total. The molecule has 3 N–H and O–H groups in total. The second-order valence-electron chi connectivity index (χ2n) is 8.48. The Morgan fingerprint density at radius 2 is 1.92 bits per heavy atom. The first-order valence-corrected chi connectivity index (χ1v) is 10.4. The summed E-state index contributed by atoms with van der Waals surface area (Å²) in [5.41, 5.74) is 2.65. The van der Waals surface area contributed by atoms with Gasteiger partial charge in [-0.3, -0.25) is 4.79 Å². The molecule has 1 amide bonds. The summed E-state index contributed by atoms with van der Waals surface area (Å²) in [5.74, 6) is 1.28. The number of rotatable bonds is 6. The van der Waals surface area contributed by atoms with Crippen molar-refractivity contribution in [2.75, 3.05) is 0 Å². The molecule has 2 bridgehead atoms. The van der Waals surface area contributed by atoms with Crippen LogP contribution in [0.2, 0.25) is 0 Å². The Balaban J connectivity index is 1.32. The van der Waals surface area contributed by atoms with E-state index < -0.39 is 0 Å². The third kappa shape index (κ3) is 3.85. The molecule has 140 valence electrons. The number of piperidine rings is 1. The summed E-state index contributed by atoms with van der Waals surface area (Å²) in [6, 6.07) is 9.14. The highest BCUT2D eigenvalue weighted by atomic mass is 16.2. The summed E-state index contributed by atoms with van der Waals surface area (Å²) in [5, 5.41) is 14.2. The van der Waals surface area contributed by atoms with Crippen LogP contribution in [0.25, 0.3) is 0 Å². The number of fused-ring (bicyclic) bond motifs is 2. The molecule has 26 heavy (non-hydrogen) atoms. The number of nitrogens with one attached hydrogen (secondary N) is 3. The van der Waals surface area contributed by atoms with E-state index in [0.717, 1.165) is 18.8 Å². The molecular formula is C22H31N3O.